The highest BCUT2D eigenvalue weighted by Crippen LogP contribution is 2.33. The molecule has 2 aliphatic heterocycles. The van der Waals surface area contributed by atoms with Gasteiger partial charge < -0.3 is 15.1 Å². The second kappa shape index (κ2) is 6.41. The Bertz CT molecular complexity index is 870. The number of nitrogens with one attached hydrogen (secondary N) is 1. The van der Waals surface area contributed by atoms with Gasteiger partial charge in [-0.25, -0.2) is 4.79 Å². The first-order valence-corrected chi connectivity index (χ1v) is 8.83. The van der Waals surface area contributed by atoms with Crippen LogP contribution in [0.5, 0.6) is 0 Å². The Labute approximate surface area is 151 Å². The van der Waals surface area contributed by atoms with Gasteiger partial charge in [0.2, 0.25) is 0 Å². The van der Waals surface area contributed by atoms with Gasteiger partial charge in [-0.15, -0.1) is 0 Å². The number of hydrogen-bond donors (Lipinski definition) is 1. The minimum absolute atomic E-state index is 0.0392. The first-order chi connectivity index (χ1) is 12.2. The molecular formula is C18H18ClN5O. The summed E-state index contributed by atoms with van der Waals surface area (Å²) in [6.45, 7) is 3.11. The molecule has 0 bridgehead atoms. The fourth-order valence-corrected chi connectivity index (χ4v) is 3.98. The molecule has 0 saturated carbocycles. The van der Waals surface area contributed by atoms with Crippen LogP contribution in [0.1, 0.15) is 18.4 Å². The molecule has 2 saturated heterocycles. The zero-order chi connectivity index (χ0) is 17.4. The van der Waals surface area contributed by atoms with E-state index in [-0.39, 0.29) is 12.1 Å². The molecule has 0 spiro atoms. The predicted octanol–water partition coefficient (Wildman–Crippen LogP) is 2.75. The Morgan fingerprint density at radius 2 is 2.08 bits per heavy atom. The number of pyridine rings is 1. The van der Waals surface area contributed by atoms with Gasteiger partial charge in [0.25, 0.3) is 0 Å². The molecule has 1 aromatic heterocycles. The molecule has 128 valence electrons. The van der Waals surface area contributed by atoms with Crippen LogP contribution in [0.2, 0.25) is 5.02 Å². The molecular weight excluding hydrogens is 338 g/mol. The molecule has 0 atom stereocenters. The van der Waals surface area contributed by atoms with Crippen molar-refractivity contribution in [2.75, 3.05) is 31.1 Å². The van der Waals surface area contributed by atoms with Crippen molar-refractivity contribution in [2.24, 2.45) is 0 Å². The number of nitriles is 1. The van der Waals surface area contributed by atoms with Crippen LogP contribution in [0.15, 0.2) is 24.4 Å². The van der Waals surface area contributed by atoms with Crippen molar-refractivity contribution in [3.8, 4) is 6.07 Å². The topological polar surface area (TPSA) is 72.3 Å². The van der Waals surface area contributed by atoms with Crippen LogP contribution in [-0.2, 0) is 0 Å². The fraction of sp³-hybridized carbons (Fsp3) is 0.389. The SMILES string of the molecule is N#Cc1cnc2ccc(Cl)cc2c1N1CCC(N2CCNC2=O)CC1. The molecule has 2 aliphatic rings. The van der Waals surface area contributed by atoms with Crippen LogP contribution in [0.25, 0.3) is 10.9 Å². The molecule has 1 N–H and O–H groups in total. The van der Waals surface area contributed by atoms with E-state index in [4.69, 9.17) is 11.6 Å². The lowest BCUT2D eigenvalue weighted by molar-refractivity contribution is 0.186. The monoisotopic (exact) mass is 355 g/mol. The molecule has 6 nitrogen and oxygen atoms in total. The van der Waals surface area contributed by atoms with Crippen molar-refractivity contribution in [1.29, 1.82) is 5.26 Å². The summed E-state index contributed by atoms with van der Waals surface area (Å²) in [7, 11) is 0. The van der Waals surface area contributed by atoms with E-state index in [1.54, 1.807) is 6.20 Å². The average Bonchev–Trinajstić information content (AvgIpc) is 3.06. The zero-order valence-electron chi connectivity index (χ0n) is 13.7. The maximum Gasteiger partial charge on any atom is 0.317 e. The smallest absolute Gasteiger partial charge is 0.317 e. The van der Waals surface area contributed by atoms with Crippen LogP contribution in [0, 0.1) is 11.3 Å². The maximum absolute atomic E-state index is 11.9. The second-order valence-electron chi connectivity index (χ2n) is 6.44. The lowest BCUT2D eigenvalue weighted by atomic mass is 10.0. The van der Waals surface area contributed by atoms with E-state index in [1.165, 1.54) is 0 Å². The summed E-state index contributed by atoms with van der Waals surface area (Å²) in [6.07, 6.45) is 3.41. The maximum atomic E-state index is 11.9. The third kappa shape index (κ3) is 2.85. The van der Waals surface area contributed by atoms with Crippen molar-refractivity contribution >= 4 is 34.2 Å². The molecule has 4 rings (SSSR count). The van der Waals surface area contributed by atoms with Crippen molar-refractivity contribution < 1.29 is 4.79 Å². The largest absolute Gasteiger partial charge is 0.370 e. The number of piperidine rings is 1. The summed E-state index contributed by atoms with van der Waals surface area (Å²) in [4.78, 5) is 20.4. The summed E-state index contributed by atoms with van der Waals surface area (Å²) in [6, 6.07) is 8.12. The van der Waals surface area contributed by atoms with E-state index in [0.29, 0.717) is 10.6 Å². The zero-order valence-corrected chi connectivity index (χ0v) is 14.5. The van der Waals surface area contributed by atoms with Crippen molar-refractivity contribution in [1.82, 2.24) is 15.2 Å². The minimum atomic E-state index is 0.0392. The van der Waals surface area contributed by atoms with Gasteiger partial charge in [0.05, 0.1) is 16.8 Å². The van der Waals surface area contributed by atoms with Crippen molar-refractivity contribution in [3.63, 3.8) is 0 Å². The predicted molar refractivity (Wildman–Crippen MR) is 96.8 cm³/mol. The van der Waals surface area contributed by atoms with Gasteiger partial charge in [0, 0.05) is 48.8 Å². The highest BCUT2D eigenvalue weighted by Gasteiger charge is 2.31. The number of hydrogen-bond acceptors (Lipinski definition) is 4. The molecule has 2 aromatic rings. The van der Waals surface area contributed by atoms with Crippen LogP contribution in [0.4, 0.5) is 10.5 Å². The second-order valence-corrected chi connectivity index (χ2v) is 6.87. The van der Waals surface area contributed by atoms with Crippen LogP contribution in [-0.4, -0.2) is 48.1 Å². The third-order valence-electron chi connectivity index (χ3n) is 5.03. The van der Waals surface area contributed by atoms with Crippen LogP contribution in [0.3, 0.4) is 0 Å². The molecule has 1 aromatic carbocycles. The summed E-state index contributed by atoms with van der Waals surface area (Å²) in [5, 5.41) is 13.9. The first-order valence-electron chi connectivity index (χ1n) is 8.45. The van der Waals surface area contributed by atoms with E-state index in [9.17, 15) is 10.1 Å². The lowest BCUT2D eigenvalue weighted by Crippen LogP contribution is -2.46. The normalized spacial score (nSPS) is 18.5. The Hall–Kier alpha value is -2.52. The molecule has 0 unspecified atom stereocenters. The number of halogens is 1. The number of fused-ring (bicyclic) bond motifs is 1. The Balaban J connectivity index is 1.63. The number of nitrogens with zero attached hydrogens (tertiary/aromatic N) is 4. The highest BCUT2D eigenvalue weighted by atomic mass is 35.5. The van der Waals surface area contributed by atoms with Crippen LogP contribution < -0.4 is 10.2 Å². The molecule has 2 amide bonds. The average molecular weight is 356 g/mol. The molecule has 2 fully saturated rings. The van der Waals surface area contributed by atoms with Gasteiger partial charge >= 0.3 is 6.03 Å². The fourth-order valence-electron chi connectivity index (χ4n) is 3.81. The number of carbonyl (C=O) groups excluding carboxylic acids is 1. The van der Waals surface area contributed by atoms with Gasteiger partial charge in [0.1, 0.15) is 6.07 Å². The minimum Gasteiger partial charge on any atom is -0.370 e. The van der Waals surface area contributed by atoms with Gasteiger partial charge in [-0.1, -0.05) is 11.6 Å². The quantitative estimate of drug-likeness (QED) is 0.899. The first kappa shape index (κ1) is 16.0. The van der Waals surface area contributed by atoms with E-state index in [0.717, 1.165) is 55.6 Å². The lowest BCUT2D eigenvalue weighted by Gasteiger charge is -2.38. The number of benzene rings is 1. The molecule has 25 heavy (non-hydrogen) atoms. The van der Waals surface area contributed by atoms with Gasteiger partial charge in [-0.3, -0.25) is 4.98 Å². The molecule has 3 heterocycles. The Morgan fingerprint density at radius 1 is 1.28 bits per heavy atom. The molecule has 0 radical (unpaired) electrons. The third-order valence-corrected chi connectivity index (χ3v) is 5.27. The summed E-state index contributed by atoms with van der Waals surface area (Å²) < 4.78 is 0. The van der Waals surface area contributed by atoms with Crippen LogP contribution >= 0.6 is 11.6 Å². The number of amides is 2. The van der Waals surface area contributed by atoms with Gasteiger partial charge in [-0.2, -0.15) is 5.26 Å². The number of anilines is 1. The highest BCUT2D eigenvalue weighted by molar-refractivity contribution is 6.31. The van der Waals surface area contributed by atoms with E-state index >= 15 is 0 Å². The van der Waals surface area contributed by atoms with E-state index in [1.807, 2.05) is 23.1 Å². The van der Waals surface area contributed by atoms with E-state index < -0.39 is 0 Å². The number of rotatable bonds is 2. The summed E-state index contributed by atoms with van der Waals surface area (Å²) in [5.41, 5.74) is 2.30. The van der Waals surface area contributed by atoms with Gasteiger partial charge in [0.15, 0.2) is 0 Å². The summed E-state index contributed by atoms with van der Waals surface area (Å²) in [5.74, 6) is 0. The number of carbonyl (C=O) groups is 1. The van der Waals surface area contributed by atoms with Crippen molar-refractivity contribution in [2.45, 2.75) is 18.9 Å². The van der Waals surface area contributed by atoms with E-state index in [2.05, 4.69) is 21.3 Å². The standard InChI is InChI=1S/C18H18ClN5O/c19-13-1-2-16-15(9-13)17(12(10-20)11-22-16)23-6-3-14(4-7-23)24-8-5-21-18(24)25/h1-2,9,11,14H,3-8H2,(H,21,25). The number of urea groups is 1. The van der Waals surface area contributed by atoms with Gasteiger partial charge in [-0.05, 0) is 31.0 Å². The Kier molecular flexibility index (Phi) is 4.10. The number of aromatic nitrogens is 1. The molecule has 7 heteroatoms. The Morgan fingerprint density at radius 3 is 2.76 bits per heavy atom. The van der Waals surface area contributed by atoms with Crippen molar-refractivity contribution in [3.05, 3.63) is 35.0 Å². The molecule has 0 aliphatic carbocycles. The summed E-state index contributed by atoms with van der Waals surface area (Å²) >= 11 is 6.17.